The highest BCUT2D eigenvalue weighted by molar-refractivity contribution is 6.17. The summed E-state index contributed by atoms with van der Waals surface area (Å²) in [6.07, 6.45) is 2.44. The number of aromatic nitrogens is 3. The lowest BCUT2D eigenvalue weighted by Gasteiger charge is -1.96. The van der Waals surface area contributed by atoms with Crippen LogP contribution in [0.1, 0.15) is 5.82 Å². The molecule has 0 aliphatic heterocycles. The number of aryl methyl sites for hydroxylation is 1. The number of imidazole rings is 1. The van der Waals surface area contributed by atoms with E-state index in [0.717, 1.165) is 17.1 Å². The van der Waals surface area contributed by atoms with Crippen LogP contribution in [0, 0.1) is 0 Å². The Kier molecular flexibility index (Phi) is 2.68. The molecule has 0 aliphatic carbocycles. The molecule has 1 aromatic carbocycles. The first kappa shape index (κ1) is 11.1. The average Bonchev–Trinajstić information content (AvgIpc) is 2.93. The smallest absolute Gasteiger partial charge is 0.408 e. The van der Waals surface area contributed by atoms with Crippen molar-refractivity contribution in [2.75, 3.05) is 5.88 Å². The summed E-state index contributed by atoms with van der Waals surface area (Å²) in [4.78, 5) is 21.1. The molecule has 18 heavy (non-hydrogen) atoms. The second kappa shape index (κ2) is 4.34. The fourth-order valence-corrected chi connectivity index (χ4v) is 2.02. The molecule has 92 valence electrons. The van der Waals surface area contributed by atoms with Gasteiger partial charge in [-0.3, -0.25) is 4.98 Å². The third-order valence-electron chi connectivity index (χ3n) is 2.69. The van der Waals surface area contributed by atoms with Gasteiger partial charge in [0.05, 0.1) is 17.4 Å². The Balaban J connectivity index is 2.04. The molecule has 0 fully saturated rings. The number of alkyl halides is 1. The van der Waals surface area contributed by atoms with Crippen molar-refractivity contribution < 1.29 is 4.42 Å². The molecule has 0 aliphatic rings. The summed E-state index contributed by atoms with van der Waals surface area (Å²) >= 11 is 5.66. The van der Waals surface area contributed by atoms with Crippen LogP contribution < -0.4 is 5.76 Å². The molecule has 3 rings (SSSR count). The SMILES string of the molecule is O=c1[nH]c2ccc(-c3cnc(CCCl)[nH]3)cc2o1. The van der Waals surface area contributed by atoms with Gasteiger partial charge in [-0.05, 0) is 12.1 Å². The van der Waals surface area contributed by atoms with Gasteiger partial charge in [0.25, 0.3) is 0 Å². The highest BCUT2D eigenvalue weighted by atomic mass is 35.5. The van der Waals surface area contributed by atoms with E-state index >= 15 is 0 Å². The lowest BCUT2D eigenvalue weighted by Crippen LogP contribution is -1.92. The summed E-state index contributed by atoms with van der Waals surface area (Å²) in [6.45, 7) is 0. The molecule has 0 bridgehead atoms. The van der Waals surface area contributed by atoms with Crippen LogP contribution in [0.2, 0.25) is 0 Å². The van der Waals surface area contributed by atoms with Gasteiger partial charge in [0.2, 0.25) is 0 Å². The first-order valence-corrected chi connectivity index (χ1v) is 6.03. The number of H-pyrrole nitrogens is 2. The van der Waals surface area contributed by atoms with Gasteiger partial charge in [0, 0.05) is 17.9 Å². The zero-order valence-electron chi connectivity index (χ0n) is 9.37. The van der Waals surface area contributed by atoms with Crippen LogP contribution in [0.25, 0.3) is 22.4 Å². The third kappa shape index (κ3) is 1.93. The molecule has 2 N–H and O–H groups in total. The molecule has 2 heterocycles. The van der Waals surface area contributed by atoms with E-state index in [1.807, 2.05) is 6.07 Å². The Labute approximate surface area is 107 Å². The molecule has 0 radical (unpaired) electrons. The van der Waals surface area contributed by atoms with Gasteiger partial charge < -0.3 is 9.40 Å². The predicted octanol–water partition coefficient (Wildman–Crippen LogP) is 2.29. The first-order chi connectivity index (χ1) is 8.76. The molecule has 6 heteroatoms. The van der Waals surface area contributed by atoms with Crippen LogP contribution in [0.15, 0.2) is 33.6 Å². The fraction of sp³-hybridized carbons (Fsp3) is 0.167. The van der Waals surface area contributed by atoms with Gasteiger partial charge in [0.1, 0.15) is 5.82 Å². The monoisotopic (exact) mass is 263 g/mol. The summed E-state index contributed by atoms with van der Waals surface area (Å²) in [6, 6.07) is 5.49. The highest BCUT2D eigenvalue weighted by Gasteiger charge is 2.06. The van der Waals surface area contributed by atoms with E-state index < -0.39 is 5.76 Å². The van der Waals surface area contributed by atoms with Crippen LogP contribution in [-0.4, -0.2) is 20.8 Å². The highest BCUT2D eigenvalue weighted by Crippen LogP contribution is 2.21. The Morgan fingerprint density at radius 2 is 2.22 bits per heavy atom. The number of nitrogens with one attached hydrogen (secondary N) is 2. The summed E-state index contributed by atoms with van der Waals surface area (Å²) in [7, 11) is 0. The topological polar surface area (TPSA) is 74.7 Å². The summed E-state index contributed by atoms with van der Waals surface area (Å²) in [5.41, 5.74) is 3.01. The number of fused-ring (bicyclic) bond motifs is 1. The fourth-order valence-electron chi connectivity index (χ4n) is 1.84. The maximum atomic E-state index is 11.1. The quantitative estimate of drug-likeness (QED) is 0.712. The maximum Gasteiger partial charge on any atom is 0.417 e. The number of aromatic amines is 2. The third-order valence-corrected chi connectivity index (χ3v) is 2.88. The molecule has 3 aromatic rings. The second-order valence-electron chi connectivity index (χ2n) is 3.91. The number of hydrogen-bond donors (Lipinski definition) is 2. The van der Waals surface area contributed by atoms with Crippen molar-refractivity contribution in [2.24, 2.45) is 0 Å². The van der Waals surface area contributed by atoms with E-state index in [1.165, 1.54) is 0 Å². The van der Waals surface area contributed by atoms with Gasteiger partial charge in [0.15, 0.2) is 5.58 Å². The zero-order chi connectivity index (χ0) is 12.5. The molecular formula is C12H10ClN3O2. The van der Waals surface area contributed by atoms with Gasteiger partial charge >= 0.3 is 5.76 Å². The number of halogens is 1. The van der Waals surface area contributed by atoms with Crippen LogP contribution in [0.5, 0.6) is 0 Å². The van der Waals surface area contributed by atoms with Crippen molar-refractivity contribution in [2.45, 2.75) is 6.42 Å². The van der Waals surface area contributed by atoms with Crippen molar-refractivity contribution in [3.63, 3.8) is 0 Å². The number of nitrogens with zero attached hydrogens (tertiary/aromatic N) is 1. The number of hydrogen-bond acceptors (Lipinski definition) is 3. The second-order valence-corrected chi connectivity index (χ2v) is 4.29. The van der Waals surface area contributed by atoms with Crippen molar-refractivity contribution in [1.82, 2.24) is 15.0 Å². The number of oxazole rings is 1. The van der Waals surface area contributed by atoms with Crippen LogP contribution in [0.3, 0.4) is 0 Å². The van der Waals surface area contributed by atoms with Crippen molar-refractivity contribution in [1.29, 1.82) is 0 Å². The van der Waals surface area contributed by atoms with Gasteiger partial charge in [-0.15, -0.1) is 11.6 Å². The molecule has 5 nitrogen and oxygen atoms in total. The van der Waals surface area contributed by atoms with E-state index in [-0.39, 0.29) is 0 Å². The van der Waals surface area contributed by atoms with Crippen molar-refractivity contribution >= 4 is 22.7 Å². The van der Waals surface area contributed by atoms with E-state index in [4.69, 9.17) is 16.0 Å². The van der Waals surface area contributed by atoms with E-state index in [2.05, 4.69) is 15.0 Å². The molecule has 0 spiro atoms. The van der Waals surface area contributed by atoms with Gasteiger partial charge in [-0.25, -0.2) is 9.78 Å². The first-order valence-electron chi connectivity index (χ1n) is 5.49. The molecule has 0 atom stereocenters. The van der Waals surface area contributed by atoms with Gasteiger partial charge in [-0.2, -0.15) is 0 Å². The minimum absolute atomic E-state index is 0.449. The lowest BCUT2D eigenvalue weighted by molar-refractivity contribution is 0.555. The molecule has 2 aromatic heterocycles. The molecule has 0 saturated carbocycles. The normalized spacial score (nSPS) is 11.2. The Bertz CT molecular complexity index is 741. The van der Waals surface area contributed by atoms with Crippen LogP contribution in [-0.2, 0) is 6.42 Å². The van der Waals surface area contributed by atoms with Crippen molar-refractivity contribution in [3.8, 4) is 11.3 Å². The largest absolute Gasteiger partial charge is 0.417 e. The minimum Gasteiger partial charge on any atom is -0.408 e. The Morgan fingerprint density at radius 3 is 3.06 bits per heavy atom. The average molecular weight is 264 g/mol. The van der Waals surface area contributed by atoms with E-state index in [1.54, 1.807) is 18.3 Å². The Hall–Kier alpha value is -2.01. The number of rotatable bonds is 3. The summed E-state index contributed by atoms with van der Waals surface area (Å²) in [5, 5.41) is 0. The maximum absolute atomic E-state index is 11.1. The van der Waals surface area contributed by atoms with E-state index in [0.29, 0.717) is 23.4 Å². The van der Waals surface area contributed by atoms with Crippen LogP contribution in [0.4, 0.5) is 0 Å². The Morgan fingerprint density at radius 1 is 1.33 bits per heavy atom. The molecule has 0 amide bonds. The zero-order valence-corrected chi connectivity index (χ0v) is 10.1. The number of benzene rings is 1. The van der Waals surface area contributed by atoms with Gasteiger partial charge in [-0.1, -0.05) is 6.07 Å². The molecular weight excluding hydrogens is 254 g/mol. The molecule has 0 unspecified atom stereocenters. The molecule has 0 saturated heterocycles. The lowest BCUT2D eigenvalue weighted by atomic mass is 10.1. The predicted molar refractivity (Wildman–Crippen MR) is 68.8 cm³/mol. The van der Waals surface area contributed by atoms with E-state index in [9.17, 15) is 4.79 Å². The minimum atomic E-state index is -0.449. The van der Waals surface area contributed by atoms with Crippen LogP contribution >= 0.6 is 11.6 Å². The summed E-state index contributed by atoms with van der Waals surface area (Å²) in [5.74, 6) is 0.920. The van der Waals surface area contributed by atoms with Crippen molar-refractivity contribution in [3.05, 3.63) is 40.8 Å². The standard InChI is InChI=1S/C12H10ClN3O2/c13-4-3-11-14-6-9(15-11)7-1-2-8-10(5-7)18-12(17)16-8/h1-2,5-6H,3-4H2,(H,14,15)(H,16,17). The summed E-state index contributed by atoms with van der Waals surface area (Å²) < 4.78 is 5.02.